The Hall–Kier alpha value is -2.16. The monoisotopic (exact) mass is 356 g/mol. The second-order valence-electron chi connectivity index (χ2n) is 5.48. The van der Waals surface area contributed by atoms with Gasteiger partial charge in [0.05, 0.1) is 5.56 Å². The summed E-state index contributed by atoms with van der Waals surface area (Å²) in [5, 5.41) is 0. The molecule has 0 unspecified atom stereocenters. The number of aryl methyl sites for hydroxylation is 1. The zero-order chi connectivity index (χ0) is 17.3. The topological polar surface area (TPSA) is 50.5 Å². The number of likely N-dealkylation sites (tertiary alicyclic amines) is 1. The van der Waals surface area contributed by atoms with Crippen LogP contribution in [-0.4, -0.2) is 33.6 Å². The Bertz CT molecular complexity index is 819. The fourth-order valence-corrected chi connectivity index (χ4v) is 3.30. The number of hydrogen-bond donors (Lipinski definition) is 0. The molecule has 0 saturated carbocycles. The first-order valence-electron chi connectivity index (χ1n) is 7.41. The largest absolute Gasteiger partial charge is 0.416 e. The second-order valence-corrected chi connectivity index (χ2v) is 6.70. The Balaban J connectivity index is 2.02. The molecule has 3 rings (SSSR count). The highest BCUT2D eigenvalue weighted by atomic mass is 32.1. The number of aromatic nitrogens is 2. The maximum Gasteiger partial charge on any atom is 0.416 e. The number of pyridine rings is 1. The van der Waals surface area contributed by atoms with E-state index in [2.05, 4.69) is 9.98 Å². The van der Waals surface area contributed by atoms with Crippen LogP contribution < -0.4 is 4.80 Å². The maximum absolute atomic E-state index is 12.9. The SMILES string of the molecule is Cc1cn(-c2cc(C(F)(F)F)ccn2)/c(=N/C(=O)N2CCCC2)s1. The third kappa shape index (κ3) is 3.50. The maximum atomic E-state index is 12.9. The van der Waals surface area contributed by atoms with Crippen molar-refractivity contribution in [2.75, 3.05) is 13.1 Å². The number of thiazole rings is 1. The predicted molar refractivity (Wildman–Crippen MR) is 82.9 cm³/mol. The Morgan fingerprint density at radius 3 is 2.71 bits per heavy atom. The number of rotatable bonds is 1. The minimum atomic E-state index is -4.45. The first kappa shape index (κ1) is 16.7. The Labute approximate surface area is 140 Å². The lowest BCUT2D eigenvalue weighted by atomic mass is 10.2. The Morgan fingerprint density at radius 1 is 1.33 bits per heavy atom. The molecule has 0 atom stereocenters. The molecule has 1 aliphatic heterocycles. The molecule has 2 amide bonds. The standard InChI is InChI=1S/C15H15F3N4OS/c1-10-9-22(12-8-11(4-5-19-12)15(16,17)18)14(24-10)20-13(23)21-6-2-3-7-21/h4-5,8-9H,2-3,6-7H2,1H3/b20-14-. The third-order valence-electron chi connectivity index (χ3n) is 3.66. The molecule has 128 valence electrons. The van der Waals surface area contributed by atoms with Gasteiger partial charge < -0.3 is 4.90 Å². The summed E-state index contributed by atoms with van der Waals surface area (Å²) in [5.41, 5.74) is -0.791. The number of nitrogens with zero attached hydrogens (tertiary/aromatic N) is 4. The van der Waals surface area contributed by atoms with E-state index in [1.165, 1.54) is 15.9 Å². The van der Waals surface area contributed by atoms with Crippen molar-refractivity contribution in [3.63, 3.8) is 0 Å². The highest BCUT2D eigenvalue weighted by Gasteiger charge is 2.31. The lowest BCUT2D eigenvalue weighted by molar-refractivity contribution is -0.137. The summed E-state index contributed by atoms with van der Waals surface area (Å²) in [6.45, 7) is 3.12. The average molecular weight is 356 g/mol. The van der Waals surface area contributed by atoms with E-state index in [1.807, 2.05) is 0 Å². The van der Waals surface area contributed by atoms with Crippen LogP contribution in [0.2, 0.25) is 0 Å². The van der Waals surface area contributed by atoms with Crippen molar-refractivity contribution < 1.29 is 18.0 Å². The normalized spacial score (nSPS) is 16.0. The number of carbonyl (C=O) groups excluding carboxylic acids is 1. The molecule has 0 aliphatic carbocycles. The van der Waals surface area contributed by atoms with Crippen molar-refractivity contribution in [3.05, 3.63) is 39.8 Å². The minimum Gasteiger partial charge on any atom is -0.323 e. The van der Waals surface area contributed by atoms with E-state index in [9.17, 15) is 18.0 Å². The quantitative estimate of drug-likeness (QED) is 0.787. The Morgan fingerprint density at radius 2 is 2.04 bits per heavy atom. The number of alkyl halides is 3. The van der Waals surface area contributed by atoms with Gasteiger partial charge in [0.15, 0.2) is 0 Å². The average Bonchev–Trinajstić information content (AvgIpc) is 3.16. The van der Waals surface area contributed by atoms with Crippen LogP contribution >= 0.6 is 11.3 Å². The lowest BCUT2D eigenvalue weighted by Crippen LogP contribution is -2.27. The van der Waals surface area contributed by atoms with E-state index in [0.717, 1.165) is 36.0 Å². The number of amides is 2. The molecule has 9 heteroatoms. The molecule has 5 nitrogen and oxygen atoms in total. The van der Waals surface area contributed by atoms with E-state index in [1.54, 1.807) is 18.0 Å². The molecular formula is C15H15F3N4OS. The van der Waals surface area contributed by atoms with Crippen molar-refractivity contribution in [2.24, 2.45) is 4.99 Å². The first-order valence-corrected chi connectivity index (χ1v) is 8.22. The van der Waals surface area contributed by atoms with E-state index in [4.69, 9.17) is 0 Å². The third-order valence-corrected chi connectivity index (χ3v) is 4.55. The van der Waals surface area contributed by atoms with Crippen LogP contribution in [0, 0.1) is 6.92 Å². The van der Waals surface area contributed by atoms with Gasteiger partial charge >= 0.3 is 12.2 Å². The molecule has 0 aromatic carbocycles. The van der Waals surface area contributed by atoms with Crippen molar-refractivity contribution in [1.29, 1.82) is 0 Å². The predicted octanol–water partition coefficient (Wildman–Crippen LogP) is 3.38. The number of hydrogen-bond acceptors (Lipinski definition) is 3. The van der Waals surface area contributed by atoms with Gasteiger partial charge in [-0.25, -0.2) is 9.78 Å². The molecule has 0 N–H and O–H groups in total. The van der Waals surface area contributed by atoms with E-state index >= 15 is 0 Å². The molecule has 1 aliphatic rings. The van der Waals surface area contributed by atoms with Crippen LogP contribution in [-0.2, 0) is 6.18 Å². The molecule has 1 saturated heterocycles. The van der Waals surface area contributed by atoms with Gasteiger partial charge in [-0.05, 0) is 31.9 Å². The van der Waals surface area contributed by atoms with Crippen LogP contribution in [0.5, 0.6) is 0 Å². The summed E-state index contributed by atoms with van der Waals surface area (Å²) in [6, 6.07) is 1.50. The van der Waals surface area contributed by atoms with Crippen LogP contribution in [0.25, 0.3) is 5.82 Å². The van der Waals surface area contributed by atoms with Crippen LogP contribution in [0.1, 0.15) is 23.3 Å². The summed E-state index contributed by atoms with van der Waals surface area (Å²) in [6.07, 6.45) is 0.166. The van der Waals surface area contributed by atoms with Gasteiger partial charge in [0.25, 0.3) is 0 Å². The van der Waals surface area contributed by atoms with Crippen molar-refractivity contribution in [2.45, 2.75) is 25.9 Å². The van der Waals surface area contributed by atoms with Crippen LogP contribution in [0.3, 0.4) is 0 Å². The van der Waals surface area contributed by atoms with Crippen LogP contribution in [0.4, 0.5) is 18.0 Å². The molecule has 2 aromatic rings. The molecular weight excluding hydrogens is 341 g/mol. The molecule has 0 radical (unpaired) electrons. The molecule has 0 bridgehead atoms. The zero-order valence-electron chi connectivity index (χ0n) is 12.9. The van der Waals surface area contributed by atoms with Crippen molar-refractivity contribution in [1.82, 2.24) is 14.5 Å². The smallest absolute Gasteiger partial charge is 0.323 e. The highest BCUT2D eigenvalue weighted by molar-refractivity contribution is 7.09. The number of urea groups is 1. The molecule has 24 heavy (non-hydrogen) atoms. The van der Waals surface area contributed by atoms with Gasteiger partial charge in [-0.15, -0.1) is 11.3 Å². The van der Waals surface area contributed by atoms with Crippen LogP contribution in [0.15, 0.2) is 29.5 Å². The summed E-state index contributed by atoms with van der Waals surface area (Å²) in [5.74, 6) is 0.0853. The summed E-state index contributed by atoms with van der Waals surface area (Å²) >= 11 is 1.24. The summed E-state index contributed by atoms with van der Waals surface area (Å²) in [4.78, 5) is 23.0. The van der Waals surface area contributed by atoms with Gasteiger partial charge in [-0.2, -0.15) is 18.2 Å². The van der Waals surface area contributed by atoms with Gasteiger partial charge in [0, 0.05) is 30.4 Å². The van der Waals surface area contributed by atoms with Crippen molar-refractivity contribution in [3.8, 4) is 5.82 Å². The minimum absolute atomic E-state index is 0.0853. The molecule has 2 aromatic heterocycles. The number of halogens is 3. The summed E-state index contributed by atoms with van der Waals surface area (Å²) < 4.78 is 40.1. The molecule has 0 spiro atoms. The fraction of sp³-hybridized carbons (Fsp3) is 0.400. The van der Waals surface area contributed by atoms with Gasteiger partial charge in [0.2, 0.25) is 4.80 Å². The van der Waals surface area contributed by atoms with Gasteiger partial charge in [-0.3, -0.25) is 4.57 Å². The highest BCUT2D eigenvalue weighted by Crippen LogP contribution is 2.29. The second kappa shape index (κ2) is 6.39. The van der Waals surface area contributed by atoms with Crippen molar-refractivity contribution >= 4 is 17.4 Å². The summed E-state index contributed by atoms with van der Waals surface area (Å²) in [7, 11) is 0. The fourth-order valence-electron chi connectivity index (χ4n) is 2.48. The van der Waals surface area contributed by atoms with E-state index < -0.39 is 11.7 Å². The molecule has 3 heterocycles. The number of carbonyl (C=O) groups is 1. The van der Waals surface area contributed by atoms with E-state index in [0.29, 0.717) is 17.9 Å². The van der Waals surface area contributed by atoms with Gasteiger partial charge in [0.1, 0.15) is 5.82 Å². The lowest BCUT2D eigenvalue weighted by Gasteiger charge is -2.11. The first-order chi connectivity index (χ1) is 11.3. The molecule has 1 fully saturated rings. The van der Waals surface area contributed by atoms with E-state index in [-0.39, 0.29) is 11.8 Å². The van der Waals surface area contributed by atoms with Gasteiger partial charge in [-0.1, -0.05) is 0 Å². The Kier molecular flexibility index (Phi) is 4.44. The zero-order valence-corrected chi connectivity index (χ0v) is 13.7.